The summed E-state index contributed by atoms with van der Waals surface area (Å²) in [5.74, 6) is -0.546. The number of aryl methyl sites for hydroxylation is 1. The number of rotatable bonds is 4. The molecule has 1 N–H and O–H groups in total. The molecule has 0 atom stereocenters. The van der Waals surface area contributed by atoms with Crippen molar-refractivity contribution >= 4 is 38.9 Å². The van der Waals surface area contributed by atoms with Crippen LogP contribution in [0.2, 0.25) is 5.02 Å². The van der Waals surface area contributed by atoms with E-state index in [9.17, 15) is 18.0 Å². The number of hydrogen-bond donors (Lipinski definition) is 1. The lowest BCUT2D eigenvalue weighted by Crippen LogP contribution is -2.27. The van der Waals surface area contributed by atoms with E-state index in [1.54, 1.807) is 55.5 Å². The molecule has 0 aliphatic carbocycles. The summed E-state index contributed by atoms with van der Waals surface area (Å²) in [6.07, 6.45) is 0.581. The minimum absolute atomic E-state index is 0.127. The Hall–Kier alpha value is -3.17. The summed E-state index contributed by atoms with van der Waals surface area (Å²) in [5, 5.41) is 7.28. The van der Waals surface area contributed by atoms with Crippen LogP contribution in [0.15, 0.2) is 59.4 Å². The molecule has 0 spiro atoms. The minimum atomic E-state index is -3.28. The summed E-state index contributed by atoms with van der Waals surface area (Å²) in [7, 11) is -3.28. The van der Waals surface area contributed by atoms with Crippen LogP contribution in [0, 0.1) is 6.92 Å². The predicted molar refractivity (Wildman–Crippen MR) is 120 cm³/mol. The number of hydrogen-bond acceptors (Lipinski definition) is 5. The van der Waals surface area contributed by atoms with Crippen LogP contribution in [-0.2, 0) is 10.0 Å². The normalized spacial score (nSPS) is 15.1. The Labute approximate surface area is 184 Å². The van der Waals surface area contributed by atoms with Crippen molar-refractivity contribution in [3.05, 3.63) is 81.2 Å². The smallest absolute Gasteiger partial charge is 0.280 e. The number of nitrogens with one attached hydrogen (secondary N) is 1. The third kappa shape index (κ3) is 4.19. The third-order valence-electron chi connectivity index (χ3n) is 4.92. The lowest BCUT2D eigenvalue weighted by molar-refractivity contribution is 0.101. The quantitative estimate of drug-likeness (QED) is 0.647. The fourth-order valence-corrected chi connectivity index (χ4v) is 5.18. The number of halogens is 1. The second kappa shape index (κ2) is 8.16. The van der Waals surface area contributed by atoms with Crippen LogP contribution in [0.4, 0.5) is 11.4 Å². The maximum absolute atomic E-state index is 12.7. The number of sulfonamides is 1. The maximum atomic E-state index is 12.7. The molecule has 2 heterocycles. The number of nitrogens with zero attached hydrogens (tertiary/aromatic N) is 3. The average molecular weight is 459 g/mol. The molecular formula is C21H19ClN4O4S. The first-order valence-electron chi connectivity index (χ1n) is 9.54. The van der Waals surface area contributed by atoms with Gasteiger partial charge in [0, 0.05) is 24.0 Å². The van der Waals surface area contributed by atoms with Crippen molar-refractivity contribution in [2.75, 3.05) is 21.9 Å². The Bertz CT molecular complexity index is 1320. The maximum Gasteiger partial charge on any atom is 0.280 e. The van der Waals surface area contributed by atoms with Crippen LogP contribution in [0.5, 0.6) is 0 Å². The van der Waals surface area contributed by atoms with Gasteiger partial charge in [0.15, 0.2) is 5.69 Å². The van der Waals surface area contributed by atoms with Gasteiger partial charge in [0.25, 0.3) is 5.91 Å². The minimum Gasteiger partial charge on any atom is -0.320 e. The second-order valence-corrected chi connectivity index (χ2v) is 9.52. The van der Waals surface area contributed by atoms with Gasteiger partial charge in [0.05, 0.1) is 22.2 Å². The van der Waals surface area contributed by atoms with Crippen LogP contribution in [-0.4, -0.2) is 36.4 Å². The van der Waals surface area contributed by atoms with E-state index in [4.69, 9.17) is 11.6 Å². The van der Waals surface area contributed by atoms with E-state index in [0.717, 1.165) is 0 Å². The van der Waals surface area contributed by atoms with Gasteiger partial charge < -0.3 is 5.32 Å². The van der Waals surface area contributed by atoms with Gasteiger partial charge in [-0.2, -0.15) is 5.10 Å². The Morgan fingerprint density at radius 3 is 2.48 bits per heavy atom. The average Bonchev–Trinajstić information content (AvgIpc) is 3.08. The van der Waals surface area contributed by atoms with Gasteiger partial charge in [0.2, 0.25) is 15.5 Å². The molecule has 0 bridgehead atoms. The van der Waals surface area contributed by atoms with Crippen molar-refractivity contribution in [3.8, 4) is 5.69 Å². The van der Waals surface area contributed by atoms with Gasteiger partial charge in [-0.1, -0.05) is 23.7 Å². The summed E-state index contributed by atoms with van der Waals surface area (Å²) in [4.78, 5) is 25.1. The van der Waals surface area contributed by atoms with E-state index >= 15 is 0 Å². The van der Waals surface area contributed by atoms with Gasteiger partial charge in [-0.25, -0.2) is 13.1 Å². The monoisotopic (exact) mass is 458 g/mol. The third-order valence-corrected chi connectivity index (χ3v) is 7.10. The van der Waals surface area contributed by atoms with Gasteiger partial charge in [-0.15, -0.1) is 0 Å². The first kappa shape index (κ1) is 21.1. The van der Waals surface area contributed by atoms with Crippen LogP contribution in [0.3, 0.4) is 0 Å². The summed E-state index contributed by atoms with van der Waals surface area (Å²) in [6, 6.07) is 14.7. The van der Waals surface area contributed by atoms with Crippen molar-refractivity contribution in [2.45, 2.75) is 13.3 Å². The van der Waals surface area contributed by atoms with E-state index in [2.05, 4.69) is 10.4 Å². The van der Waals surface area contributed by atoms with E-state index in [0.29, 0.717) is 40.7 Å². The van der Waals surface area contributed by atoms with Crippen LogP contribution in [0.1, 0.15) is 22.6 Å². The van der Waals surface area contributed by atoms with E-state index in [-0.39, 0.29) is 11.4 Å². The Morgan fingerprint density at radius 1 is 1.13 bits per heavy atom. The molecule has 0 unspecified atom stereocenters. The highest BCUT2D eigenvalue weighted by Crippen LogP contribution is 2.25. The topological polar surface area (TPSA) is 101 Å². The molecule has 1 amide bonds. The zero-order chi connectivity index (χ0) is 22.2. The summed E-state index contributed by atoms with van der Waals surface area (Å²) in [6.45, 7) is 2.13. The number of benzene rings is 2. The summed E-state index contributed by atoms with van der Waals surface area (Å²) >= 11 is 6.23. The number of carbonyl (C=O) groups excluding carboxylic acids is 1. The van der Waals surface area contributed by atoms with E-state index < -0.39 is 21.4 Å². The summed E-state index contributed by atoms with van der Waals surface area (Å²) < 4.78 is 26.9. The van der Waals surface area contributed by atoms with Crippen LogP contribution < -0.4 is 15.1 Å². The predicted octanol–water partition coefficient (Wildman–Crippen LogP) is 2.99. The standard InChI is InChI=1S/C21H19ClN4O4S/c1-14-13-19(27)20(24-26(14)18-6-3-2-5-17(18)22)21(28)23-15-7-9-16(10-8-15)25-11-4-12-31(25,29)30/h2-3,5-10,13H,4,11-12H2,1H3,(H,23,28). The molecule has 31 heavy (non-hydrogen) atoms. The van der Waals surface area contributed by atoms with Crippen molar-refractivity contribution in [1.82, 2.24) is 9.78 Å². The zero-order valence-corrected chi connectivity index (χ0v) is 18.2. The molecule has 10 heteroatoms. The molecule has 1 fully saturated rings. The van der Waals surface area contributed by atoms with Crippen LogP contribution >= 0.6 is 11.6 Å². The molecule has 8 nitrogen and oxygen atoms in total. The zero-order valence-electron chi connectivity index (χ0n) is 16.6. The van der Waals surface area contributed by atoms with Gasteiger partial charge in [-0.05, 0) is 49.7 Å². The molecule has 160 valence electrons. The Balaban J connectivity index is 1.60. The fourth-order valence-electron chi connectivity index (χ4n) is 3.40. The van der Waals surface area contributed by atoms with E-state index in [1.807, 2.05) is 0 Å². The Morgan fingerprint density at radius 2 is 1.84 bits per heavy atom. The SMILES string of the molecule is Cc1cc(=O)c(C(=O)Nc2ccc(N3CCCS3(=O)=O)cc2)nn1-c1ccccc1Cl. The number of carbonyl (C=O) groups is 1. The van der Waals surface area contributed by atoms with Crippen molar-refractivity contribution < 1.29 is 13.2 Å². The van der Waals surface area contributed by atoms with Gasteiger partial charge in [0.1, 0.15) is 0 Å². The molecule has 4 rings (SSSR count). The first-order chi connectivity index (χ1) is 14.8. The van der Waals surface area contributed by atoms with Gasteiger partial charge >= 0.3 is 0 Å². The molecule has 3 aromatic rings. The highest BCUT2D eigenvalue weighted by molar-refractivity contribution is 7.93. The molecular weight excluding hydrogens is 440 g/mol. The van der Waals surface area contributed by atoms with Crippen molar-refractivity contribution in [2.24, 2.45) is 0 Å². The molecule has 1 aromatic heterocycles. The number of amides is 1. The lowest BCUT2D eigenvalue weighted by atomic mass is 10.2. The van der Waals surface area contributed by atoms with Crippen LogP contribution in [0.25, 0.3) is 5.69 Å². The highest BCUT2D eigenvalue weighted by atomic mass is 35.5. The Kier molecular flexibility index (Phi) is 5.55. The fraction of sp³-hybridized carbons (Fsp3) is 0.190. The van der Waals surface area contributed by atoms with Gasteiger partial charge in [-0.3, -0.25) is 13.9 Å². The number of aromatic nitrogens is 2. The molecule has 0 saturated carbocycles. The van der Waals surface area contributed by atoms with E-state index in [1.165, 1.54) is 15.1 Å². The molecule has 1 saturated heterocycles. The molecule has 2 aromatic carbocycles. The highest BCUT2D eigenvalue weighted by Gasteiger charge is 2.28. The first-order valence-corrected chi connectivity index (χ1v) is 11.5. The van der Waals surface area contributed by atoms with Crippen molar-refractivity contribution in [1.29, 1.82) is 0 Å². The lowest BCUT2D eigenvalue weighted by Gasteiger charge is -2.17. The largest absolute Gasteiger partial charge is 0.320 e. The van der Waals surface area contributed by atoms with Crippen molar-refractivity contribution in [3.63, 3.8) is 0 Å². The summed E-state index contributed by atoms with van der Waals surface area (Å²) in [5.41, 5.74) is 1.23. The molecule has 0 radical (unpaired) electrons. The number of anilines is 2. The second-order valence-electron chi connectivity index (χ2n) is 7.10. The molecule has 1 aliphatic heterocycles. The molecule has 1 aliphatic rings. The number of para-hydroxylation sites is 1.